The molecule has 1 rings (SSSR count). The van der Waals surface area contributed by atoms with E-state index in [1.54, 1.807) is 21.1 Å². The van der Waals surface area contributed by atoms with Crippen LogP contribution in [0.5, 0.6) is 11.5 Å². The van der Waals surface area contributed by atoms with Crippen LogP contribution in [0.4, 0.5) is 0 Å². The van der Waals surface area contributed by atoms with Crippen molar-refractivity contribution in [3.63, 3.8) is 0 Å². The summed E-state index contributed by atoms with van der Waals surface area (Å²) in [5.74, 6) is 1.26. The van der Waals surface area contributed by atoms with E-state index in [0.29, 0.717) is 5.75 Å². The highest BCUT2D eigenvalue weighted by atomic mass is 32.2. The summed E-state index contributed by atoms with van der Waals surface area (Å²) in [6.45, 7) is 1.67. The highest BCUT2D eigenvalue weighted by Gasteiger charge is 2.13. The predicted molar refractivity (Wildman–Crippen MR) is 67.9 cm³/mol. The number of carboxylic acid groups (broad SMARTS) is 1. The van der Waals surface area contributed by atoms with Gasteiger partial charge in [0.15, 0.2) is 0 Å². The Morgan fingerprint density at radius 2 is 2.12 bits per heavy atom. The van der Waals surface area contributed by atoms with E-state index in [9.17, 15) is 4.79 Å². The lowest BCUT2D eigenvalue weighted by Gasteiger charge is -2.11. The van der Waals surface area contributed by atoms with Crippen LogP contribution in [0.3, 0.4) is 0 Å². The zero-order chi connectivity index (χ0) is 12.8. The number of hydrogen-bond acceptors (Lipinski definition) is 4. The van der Waals surface area contributed by atoms with Gasteiger partial charge in [0.1, 0.15) is 11.5 Å². The molecule has 1 aromatic rings. The maximum atomic E-state index is 10.7. The summed E-state index contributed by atoms with van der Waals surface area (Å²) in [7, 11) is 3.19. The Kier molecular flexibility index (Phi) is 5.15. The van der Waals surface area contributed by atoms with E-state index in [1.807, 2.05) is 18.2 Å². The van der Waals surface area contributed by atoms with Crippen LogP contribution in [0.15, 0.2) is 18.2 Å². The van der Waals surface area contributed by atoms with Crippen molar-refractivity contribution in [2.45, 2.75) is 17.9 Å². The van der Waals surface area contributed by atoms with Crippen LogP contribution in [0, 0.1) is 0 Å². The fourth-order valence-electron chi connectivity index (χ4n) is 1.28. The molecule has 4 nitrogen and oxygen atoms in total. The van der Waals surface area contributed by atoms with Crippen molar-refractivity contribution in [2.24, 2.45) is 0 Å². The molecule has 1 atom stereocenters. The first kappa shape index (κ1) is 13.7. The van der Waals surface area contributed by atoms with Crippen molar-refractivity contribution in [2.75, 3.05) is 14.2 Å². The molecule has 0 aliphatic rings. The molecule has 0 bridgehead atoms. The van der Waals surface area contributed by atoms with E-state index in [-0.39, 0.29) is 0 Å². The average Bonchev–Trinajstić information content (AvgIpc) is 2.35. The summed E-state index contributed by atoms with van der Waals surface area (Å²) in [4.78, 5) is 10.7. The molecule has 94 valence electrons. The van der Waals surface area contributed by atoms with Gasteiger partial charge in [-0.05, 0) is 25.1 Å². The molecular formula is C12H16O4S. The van der Waals surface area contributed by atoms with Gasteiger partial charge in [0, 0.05) is 11.3 Å². The predicted octanol–water partition coefficient (Wildman–Crippen LogP) is 2.41. The van der Waals surface area contributed by atoms with Crippen LogP contribution >= 0.6 is 11.8 Å². The minimum atomic E-state index is -0.808. The molecule has 0 heterocycles. The standard InChI is InChI=1S/C12H16O4S/c1-8(12(13)14)17-7-9-6-10(15-2)4-5-11(9)16-3/h4-6,8H,7H2,1-3H3,(H,13,14). The Morgan fingerprint density at radius 1 is 1.41 bits per heavy atom. The number of aliphatic carboxylic acids is 1. The smallest absolute Gasteiger partial charge is 0.316 e. The molecular weight excluding hydrogens is 240 g/mol. The van der Waals surface area contributed by atoms with Crippen molar-refractivity contribution in [1.29, 1.82) is 0 Å². The third kappa shape index (κ3) is 3.85. The first-order chi connectivity index (χ1) is 8.08. The van der Waals surface area contributed by atoms with Crippen LogP contribution in [0.1, 0.15) is 12.5 Å². The van der Waals surface area contributed by atoms with Crippen molar-refractivity contribution in [3.8, 4) is 11.5 Å². The normalized spacial score (nSPS) is 11.9. The summed E-state index contributed by atoms with van der Waals surface area (Å²) < 4.78 is 10.3. The second-order valence-corrected chi connectivity index (χ2v) is 4.80. The first-order valence-electron chi connectivity index (χ1n) is 5.13. The van der Waals surface area contributed by atoms with Crippen LogP contribution in [-0.2, 0) is 10.5 Å². The lowest BCUT2D eigenvalue weighted by Crippen LogP contribution is -2.11. The van der Waals surface area contributed by atoms with Crippen molar-refractivity contribution in [1.82, 2.24) is 0 Å². The number of carboxylic acids is 1. The van der Waals surface area contributed by atoms with Gasteiger partial charge in [-0.1, -0.05) is 0 Å². The second kappa shape index (κ2) is 6.39. The number of rotatable bonds is 6. The lowest BCUT2D eigenvalue weighted by atomic mass is 10.2. The molecule has 0 saturated heterocycles. The molecule has 1 aromatic carbocycles. The molecule has 0 saturated carbocycles. The fraction of sp³-hybridized carbons (Fsp3) is 0.417. The third-order valence-electron chi connectivity index (χ3n) is 2.32. The van der Waals surface area contributed by atoms with E-state index in [0.717, 1.165) is 17.1 Å². The van der Waals surface area contributed by atoms with E-state index in [4.69, 9.17) is 14.6 Å². The molecule has 0 radical (unpaired) electrons. The van der Waals surface area contributed by atoms with Crippen molar-refractivity contribution < 1.29 is 19.4 Å². The lowest BCUT2D eigenvalue weighted by molar-refractivity contribution is -0.136. The van der Waals surface area contributed by atoms with Crippen LogP contribution < -0.4 is 9.47 Å². The van der Waals surface area contributed by atoms with Gasteiger partial charge in [-0.3, -0.25) is 4.79 Å². The zero-order valence-electron chi connectivity index (χ0n) is 10.1. The number of hydrogen-bond donors (Lipinski definition) is 1. The quantitative estimate of drug-likeness (QED) is 0.847. The number of thioether (sulfide) groups is 1. The maximum absolute atomic E-state index is 10.7. The first-order valence-corrected chi connectivity index (χ1v) is 6.18. The molecule has 0 aromatic heterocycles. The topological polar surface area (TPSA) is 55.8 Å². The second-order valence-electron chi connectivity index (χ2n) is 3.47. The van der Waals surface area contributed by atoms with E-state index in [2.05, 4.69) is 0 Å². The van der Waals surface area contributed by atoms with Gasteiger partial charge in [-0.2, -0.15) is 0 Å². The number of ether oxygens (including phenoxy) is 2. The van der Waals surface area contributed by atoms with Crippen LogP contribution in [0.2, 0.25) is 0 Å². The molecule has 1 unspecified atom stereocenters. The van der Waals surface area contributed by atoms with Gasteiger partial charge in [0.2, 0.25) is 0 Å². The van der Waals surface area contributed by atoms with Crippen LogP contribution in [-0.4, -0.2) is 30.5 Å². The van der Waals surface area contributed by atoms with Gasteiger partial charge >= 0.3 is 5.97 Å². The SMILES string of the molecule is COc1ccc(OC)c(CSC(C)C(=O)O)c1. The molecule has 0 amide bonds. The van der Waals surface area contributed by atoms with Gasteiger partial charge in [-0.15, -0.1) is 11.8 Å². The molecule has 0 spiro atoms. The Hall–Kier alpha value is -1.36. The average molecular weight is 256 g/mol. The molecule has 17 heavy (non-hydrogen) atoms. The number of carbonyl (C=O) groups is 1. The highest BCUT2D eigenvalue weighted by molar-refractivity contribution is 7.99. The zero-order valence-corrected chi connectivity index (χ0v) is 10.9. The van der Waals surface area contributed by atoms with Gasteiger partial charge < -0.3 is 14.6 Å². The van der Waals surface area contributed by atoms with E-state index >= 15 is 0 Å². The third-order valence-corrected chi connectivity index (χ3v) is 3.50. The fourth-order valence-corrected chi connectivity index (χ4v) is 2.08. The summed E-state index contributed by atoms with van der Waals surface area (Å²) in [6, 6.07) is 5.49. The summed E-state index contributed by atoms with van der Waals surface area (Å²) in [6.07, 6.45) is 0. The van der Waals surface area contributed by atoms with Crippen molar-refractivity contribution >= 4 is 17.7 Å². The number of methoxy groups -OCH3 is 2. The monoisotopic (exact) mass is 256 g/mol. The number of benzene rings is 1. The summed E-state index contributed by atoms with van der Waals surface area (Å²) >= 11 is 1.35. The van der Waals surface area contributed by atoms with E-state index < -0.39 is 11.2 Å². The van der Waals surface area contributed by atoms with Gasteiger partial charge in [0.05, 0.1) is 19.5 Å². The Bertz CT molecular complexity index is 392. The molecule has 0 aliphatic heterocycles. The Balaban J connectivity index is 2.77. The minimum Gasteiger partial charge on any atom is -0.497 e. The Morgan fingerprint density at radius 3 is 2.65 bits per heavy atom. The molecule has 0 aliphatic carbocycles. The van der Waals surface area contributed by atoms with Gasteiger partial charge in [-0.25, -0.2) is 0 Å². The molecule has 5 heteroatoms. The maximum Gasteiger partial charge on any atom is 0.316 e. The Labute approximate surface area is 105 Å². The van der Waals surface area contributed by atoms with Gasteiger partial charge in [0.25, 0.3) is 0 Å². The minimum absolute atomic E-state index is 0.439. The molecule has 0 fully saturated rings. The largest absolute Gasteiger partial charge is 0.497 e. The van der Waals surface area contributed by atoms with Crippen molar-refractivity contribution in [3.05, 3.63) is 23.8 Å². The van der Waals surface area contributed by atoms with E-state index in [1.165, 1.54) is 11.8 Å². The molecule has 1 N–H and O–H groups in total. The summed E-state index contributed by atoms with van der Waals surface area (Å²) in [5.41, 5.74) is 0.935. The highest BCUT2D eigenvalue weighted by Crippen LogP contribution is 2.29. The van der Waals surface area contributed by atoms with Crippen LogP contribution in [0.25, 0.3) is 0 Å². The summed E-state index contributed by atoms with van der Waals surface area (Å²) in [5, 5.41) is 8.37.